The van der Waals surface area contributed by atoms with E-state index >= 15 is 0 Å². The average Bonchev–Trinajstić information content (AvgIpc) is 1.90. The minimum absolute atomic E-state index is 1.33. The van der Waals surface area contributed by atoms with Crippen molar-refractivity contribution in [1.82, 2.24) is 0 Å². The highest BCUT2D eigenvalue weighted by molar-refractivity contribution is 5.23. The SMILES string of the molecule is COC1(F)[CH]C=CC=C1. The first-order valence-corrected chi connectivity index (χ1v) is 2.71. The van der Waals surface area contributed by atoms with Gasteiger partial charge in [0.25, 0.3) is 0 Å². The molecule has 0 saturated heterocycles. The second-order valence-corrected chi connectivity index (χ2v) is 1.81. The summed E-state index contributed by atoms with van der Waals surface area (Å²) in [5, 5.41) is 0. The van der Waals surface area contributed by atoms with E-state index < -0.39 is 5.85 Å². The van der Waals surface area contributed by atoms with Crippen LogP contribution in [0.1, 0.15) is 0 Å². The van der Waals surface area contributed by atoms with Crippen molar-refractivity contribution in [1.29, 1.82) is 0 Å². The van der Waals surface area contributed by atoms with E-state index in [2.05, 4.69) is 4.74 Å². The number of ether oxygens (including phenoxy) is 1. The zero-order valence-electron chi connectivity index (χ0n) is 5.17. The lowest BCUT2D eigenvalue weighted by Crippen LogP contribution is -2.23. The summed E-state index contributed by atoms with van der Waals surface area (Å²) in [5.74, 6) is -1.67. The molecule has 1 aliphatic carbocycles. The van der Waals surface area contributed by atoms with Crippen LogP contribution in [0.3, 0.4) is 0 Å². The summed E-state index contributed by atoms with van der Waals surface area (Å²) in [7, 11) is 1.33. The molecule has 1 aliphatic rings. The number of hydrogen-bond acceptors (Lipinski definition) is 1. The minimum atomic E-state index is -1.67. The number of alkyl halides is 1. The summed E-state index contributed by atoms with van der Waals surface area (Å²) in [6, 6.07) is 0. The Morgan fingerprint density at radius 3 is 2.44 bits per heavy atom. The van der Waals surface area contributed by atoms with E-state index in [9.17, 15) is 4.39 Å². The number of hydrogen-bond donors (Lipinski definition) is 0. The Labute approximate surface area is 53.8 Å². The molecule has 9 heavy (non-hydrogen) atoms. The van der Waals surface area contributed by atoms with Gasteiger partial charge < -0.3 is 4.74 Å². The maximum atomic E-state index is 12.9. The Hall–Kier alpha value is -0.630. The zero-order valence-corrected chi connectivity index (χ0v) is 5.17. The molecule has 1 rings (SSSR count). The molecule has 0 aromatic heterocycles. The highest BCUT2D eigenvalue weighted by atomic mass is 19.2. The van der Waals surface area contributed by atoms with Crippen molar-refractivity contribution in [2.24, 2.45) is 0 Å². The summed E-state index contributed by atoms with van der Waals surface area (Å²) < 4.78 is 17.4. The van der Waals surface area contributed by atoms with Gasteiger partial charge in [-0.25, -0.2) is 4.39 Å². The molecule has 0 heterocycles. The normalized spacial score (nSPS) is 33.1. The molecule has 0 amide bonds. The Bertz CT molecular complexity index is 151. The van der Waals surface area contributed by atoms with Crippen LogP contribution in [-0.4, -0.2) is 13.0 Å². The quantitative estimate of drug-likeness (QED) is 0.520. The fraction of sp³-hybridized carbons (Fsp3) is 0.286. The van der Waals surface area contributed by atoms with Crippen LogP contribution in [0.25, 0.3) is 0 Å². The monoisotopic (exact) mass is 127 g/mol. The van der Waals surface area contributed by atoms with Gasteiger partial charge in [-0.3, -0.25) is 0 Å². The number of allylic oxidation sites excluding steroid dienone is 2. The predicted octanol–water partition coefficient (Wildman–Crippen LogP) is 1.63. The first kappa shape index (κ1) is 6.49. The van der Waals surface area contributed by atoms with E-state index in [0.29, 0.717) is 0 Å². The molecule has 0 aliphatic heterocycles. The molecule has 0 spiro atoms. The lowest BCUT2D eigenvalue weighted by molar-refractivity contribution is -0.0479. The summed E-state index contributed by atoms with van der Waals surface area (Å²) in [6.45, 7) is 0. The van der Waals surface area contributed by atoms with Crippen LogP contribution in [0, 0.1) is 6.42 Å². The van der Waals surface area contributed by atoms with E-state index in [1.807, 2.05) is 0 Å². The third-order valence-electron chi connectivity index (χ3n) is 1.18. The number of methoxy groups -OCH3 is 1. The lowest BCUT2D eigenvalue weighted by atomic mass is 10.1. The van der Waals surface area contributed by atoms with E-state index in [-0.39, 0.29) is 0 Å². The molecule has 0 aromatic rings. The summed E-state index contributed by atoms with van der Waals surface area (Å²) in [6.07, 6.45) is 7.68. The minimum Gasteiger partial charge on any atom is -0.346 e. The highest BCUT2D eigenvalue weighted by Crippen LogP contribution is 2.21. The maximum Gasteiger partial charge on any atom is 0.235 e. The summed E-state index contributed by atoms with van der Waals surface area (Å²) >= 11 is 0. The van der Waals surface area contributed by atoms with E-state index in [1.165, 1.54) is 19.6 Å². The Balaban J connectivity index is 2.63. The van der Waals surface area contributed by atoms with Gasteiger partial charge in [0, 0.05) is 7.11 Å². The van der Waals surface area contributed by atoms with Gasteiger partial charge >= 0.3 is 0 Å². The topological polar surface area (TPSA) is 9.23 Å². The number of rotatable bonds is 1. The van der Waals surface area contributed by atoms with Gasteiger partial charge in [-0.15, -0.1) is 0 Å². The maximum absolute atomic E-state index is 12.9. The van der Waals surface area contributed by atoms with Gasteiger partial charge in [-0.1, -0.05) is 18.2 Å². The van der Waals surface area contributed by atoms with Crippen molar-refractivity contribution in [3.05, 3.63) is 30.7 Å². The van der Waals surface area contributed by atoms with Crippen molar-refractivity contribution in [3.8, 4) is 0 Å². The second-order valence-electron chi connectivity index (χ2n) is 1.81. The average molecular weight is 127 g/mol. The molecule has 0 fully saturated rings. The molecule has 1 nitrogen and oxygen atoms in total. The van der Waals surface area contributed by atoms with Crippen molar-refractivity contribution in [2.75, 3.05) is 7.11 Å². The molecule has 0 N–H and O–H groups in total. The summed E-state index contributed by atoms with van der Waals surface area (Å²) in [4.78, 5) is 0. The van der Waals surface area contributed by atoms with E-state index in [0.717, 1.165) is 0 Å². The molecule has 0 aromatic carbocycles. The summed E-state index contributed by atoms with van der Waals surface area (Å²) in [5.41, 5.74) is 0. The largest absolute Gasteiger partial charge is 0.346 e. The highest BCUT2D eigenvalue weighted by Gasteiger charge is 2.24. The Kier molecular flexibility index (Phi) is 1.67. The van der Waals surface area contributed by atoms with Gasteiger partial charge in [0.2, 0.25) is 5.85 Å². The fourth-order valence-electron chi connectivity index (χ4n) is 0.629. The van der Waals surface area contributed by atoms with Crippen LogP contribution < -0.4 is 0 Å². The van der Waals surface area contributed by atoms with Crippen molar-refractivity contribution >= 4 is 0 Å². The molecule has 0 saturated carbocycles. The van der Waals surface area contributed by atoms with Crippen LogP contribution in [0.5, 0.6) is 0 Å². The Morgan fingerprint density at radius 1 is 1.33 bits per heavy atom. The molecule has 2 heteroatoms. The number of halogens is 1. The molecule has 49 valence electrons. The molecular formula is C7H8FO. The van der Waals surface area contributed by atoms with Crippen molar-refractivity contribution in [3.63, 3.8) is 0 Å². The zero-order chi connectivity index (χ0) is 6.74. The van der Waals surface area contributed by atoms with Crippen LogP contribution in [0.15, 0.2) is 24.3 Å². The van der Waals surface area contributed by atoms with Crippen molar-refractivity contribution in [2.45, 2.75) is 5.85 Å². The smallest absolute Gasteiger partial charge is 0.235 e. The van der Waals surface area contributed by atoms with Gasteiger partial charge in [-0.2, -0.15) is 0 Å². The van der Waals surface area contributed by atoms with Gasteiger partial charge in [0.15, 0.2) is 0 Å². The van der Waals surface area contributed by atoms with Crippen LogP contribution in [0.2, 0.25) is 0 Å². The first-order valence-electron chi connectivity index (χ1n) is 2.71. The van der Waals surface area contributed by atoms with Crippen LogP contribution in [0.4, 0.5) is 4.39 Å². The molecule has 1 unspecified atom stereocenters. The van der Waals surface area contributed by atoms with Crippen molar-refractivity contribution < 1.29 is 9.13 Å². The second kappa shape index (κ2) is 2.31. The van der Waals surface area contributed by atoms with Crippen LogP contribution >= 0.6 is 0 Å². The molecule has 0 bridgehead atoms. The van der Waals surface area contributed by atoms with Gasteiger partial charge in [0.1, 0.15) is 0 Å². The lowest BCUT2D eigenvalue weighted by Gasteiger charge is -2.18. The molecular weight excluding hydrogens is 119 g/mol. The standard InChI is InChI=1S/C7H8FO/c1-9-7(8)5-3-2-4-6-7/h2-6H,1H3. The van der Waals surface area contributed by atoms with Gasteiger partial charge in [0.05, 0.1) is 6.42 Å². The third-order valence-corrected chi connectivity index (χ3v) is 1.18. The third kappa shape index (κ3) is 1.39. The first-order chi connectivity index (χ1) is 4.27. The molecule has 1 atom stereocenters. The van der Waals surface area contributed by atoms with E-state index in [1.54, 1.807) is 18.2 Å². The van der Waals surface area contributed by atoms with Gasteiger partial charge in [-0.05, 0) is 6.08 Å². The predicted molar refractivity (Wildman–Crippen MR) is 33.4 cm³/mol. The van der Waals surface area contributed by atoms with Crippen LogP contribution in [-0.2, 0) is 4.74 Å². The Morgan fingerprint density at radius 2 is 2.11 bits per heavy atom. The fourth-order valence-corrected chi connectivity index (χ4v) is 0.629. The van der Waals surface area contributed by atoms with E-state index in [4.69, 9.17) is 0 Å². The molecule has 1 radical (unpaired) electrons.